The van der Waals surface area contributed by atoms with Gasteiger partial charge in [0.25, 0.3) is 0 Å². The van der Waals surface area contributed by atoms with Crippen molar-refractivity contribution in [1.29, 1.82) is 0 Å². The van der Waals surface area contributed by atoms with E-state index < -0.39 is 33.2 Å². The van der Waals surface area contributed by atoms with E-state index in [0.29, 0.717) is 36.5 Å². The number of aromatic nitrogens is 2. The predicted molar refractivity (Wildman–Crippen MR) is 210 cm³/mol. The topological polar surface area (TPSA) is 143 Å². The van der Waals surface area contributed by atoms with Crippen molar-refractivity contribution >= 4 is 50.7 Å². The number of nitrogens with one attached hydrogen (secondary N) is 3. The van der Waals surface area contributed by atoms with Crippen LogP contribution in [0.15, 0.2) is 47.5 Å². The Labute approximate surface area is 335 Å². The molecule has 18 heteroatoms. The lowest BCUT2D eigenvalue weighted by molar-refractivity contribution is -0.137. The SMILES string of the molecule is CC1(O)CCN(c2nc(Nc3ccc(S(=O)(=O)NC4CCC(CN5CCN(c6ccc(C7CCCNC7=O)c(Cl)c6)CC5)CC4)cc3F)ncc2C(F)(F)F)CC1. The second-order valence-corrected chi connectivity index (χ2v) is 18.1. The molecule has 0 bridgehead atoms. The van der Waals surface area contributed by atoms with Gasteiger partial charge in [0.2, 0.25) is 21.9 Å². The molecule has 3 saturated heterocycles. The highest BCUT2D eigenvalue weighted by Gasteiger charge is 2.39. The van der Waals surface area contributed by atoms with Gasteiger partial charge in [-0.15, -0.1) is 0 Å². The van der Waals surface area contributed by atoms with Crippen LogP contribution in [0.25, 0.3) is 0 Å². The first-order valence-corrected chi connectivity index (χ1v) is 21.5. The summed E-state index contributed by atoms with van der Waals surface area (Å²) in [4.78, 5) is 26.1. The first-order valence-electron chi connectivity index (χ1n) is 19.6. The van der Waals surface area contributed by atoms with Crippen LogP contribution in [0.2, 0.25) is 5.02 Å². The van der Waals surface area contributed by atoms with Gasteiger partial charge in [-0.25, -0.2) is 22.5 Å². The van der Waals surface area contributed by atoms with E-state index in [1.165, 1.54) is 17.0 Å². The number of anilines is 4. The highest BCUT2D eigenvalue weighted by Crippen LogP contribution is 2.38. The normalized spacial score (nSPS) is 23.6. The Hall–Kier alpha value is -3.77. The van der Waals surface area contributed by atoms with E-state index in [9.17, 15) is 31.5 Å². The average Bonchev–Trinajstić information content (AvgIpc) is 3.16. The third kappa shape index (κ3) is 9.92. The van der Waals surface area contributed by atoms with Gasteiger partial charge < -0.3 is 25.5 Å². The van der Waals surface area contributed by atoms with Crippen LogP contribution in [0.3, 0.4) is 0 Å². The molecule has 4 fully saturated rings. The zero-order valence-electron chi connectivity index (χ0n) is 31.8. The summed E-state index contributed by atoms with van der Waals surface area (Å²) in [5.41, 5.74) is -0.321. The molecule has 12 nitrogen and oxygen atoms in total. The number of sulfonamides is 1. The molecule has 1 atom stereocenters. The standard InChI is InChI=1S/C39H49ClF4N8O4S/c1-38(54)12-15-52(16-13-38)35-31(39(42,43)44)23-46-37(48-35)47-34-11-9-28(22-33(34)41)57(55,56)49-26-6-4-25(5-7-26)24-50-17-19-51(20-18-50)27-8-10-29(32(40)21-27)30-3-2-14-45-36(30)53/h8-11,21-23,25-26,30,49,54H,2-7,12-20,24H2,1H3,(H,45,53)(H,46,47,48). The molecule has 3 aromatic rings. The van der Waals surface area contributed by atoms with Crippen molar-refractivity contribution in [2.24, 2.45) is 5.92 Å². The number of amides is 1. The van der Waals surface area contributed by atoms with Crippen molar-refractivity contribution in [3.05, 3.63) is 64.6 Å². The van der Waals surface area contributed by atoms with Crippen LogP contribution in [0, 0.1) is 11.7 Å². The fourth-order valence-electron chi connectivity index (χ4n) is 8.33. The van der Waals surface area contributed by atoms with E-state index >= 15 is 4.39 Å². The first kappa shape index (κ1) is 41.4. The third-order valence-corrected chi connectivity index (χ3v) is 13.6. The highest BCUT2D eigenvalue weighted by atomic mass is 35.5. The number of halogens is 5. The zero-order chi connectivity index (χ0) is 40.5. The largest absolute Gasteiger partial charge is 0.421 e. The maximum Gasteiger partial charge on any atom is 0.421 e. The summed E-state index contributed by atoms with van der Waals surface area (Å²) in [6, 6.07) is 9.00. The molecular formula is C39H49ClF4N8O4S. The molecule has 310 valence electrons. The first-order chi connectivity index (χ1) is 27.0. The number of piperazine rings is 1. The molecule has 57 heavy (non-hydrogen) atoms. The molecule has 2 aromatic carbocycles. The second-order valence-electron chi connectivity index (χ2n) is 16.0. The molecule has 1 saturated carbocycles. The van der Waals surface area contributed by atoms with E-state index in [2.05, 4.69) is 41.2 Å². The number of benzene rings is 2. The van der Waals surface area contributed by atoms with Crippen LogP contribution in [0.4, 0.5) is 40.7 Å². The van der Waals surface area contributed by atoms with Crippen LogP contribution in [0.1, 0.15) is 75.3 Å². The number of carbonyl (C=O) groups is 1. The van der Waals surface area contributed by atoms with Crippen molar-refractivity contribution in [2.75, 3.05) is 67.5 Å². The lowest BCUT2D eigenvalue weighted by Crippen LogP contribution is -2.48. The van der Waals surface area contributed by atoms with Gasteiger partial charge in [-0.1, -0.05) is 17.7 Å². The Kier molecular flexibility index (Phi) is 12.2. The minimum absolute atomic E-state index is 0.0331. The molecule has 1 aromatic heterocycles. The minimum Gasteiger partial charge on any atom is -0.390 e. The molecular weight excluding hydrogens is 788 g/mol. The molecule has 7 rings (SSSR count). The molecule has 1 unspecified atom stereocenters. The number of piperidine rings is 2. The fraction of sp³-hybridized carbons (Fsp3) is 0.564. The summed E-state index contributed by atoms with van der Waals surface area (Å²) < 4.78 is 86.2. The molecule has 4 heterocycles. The van der Waals surface area contributed by atoms with Gasteiger partial charge >= 0.3 is 6.18 Å². The summed E-state index contributed by atoms with van der Waals surface area (Å²) in [6.45, 7) is 7.01. The Morgan fingerprint density at radius 3 is 2.35 bits per heavy atom. The van der Waals surface area contributed by atoms with Gasteiger partial charge in [0.1, 0.15) is 17.2 Å². The number of alkyl halides is 3. The van der Waals surface area contributed by atoms with Crippen molar-refractivity contribution in [3.8, 4) is 0 Å². The Morgan fingerprint density at radius 1 is 0.982 bits per heavy atom. The van der Waals surface area contributed by atoms with E-state index in [0.717, 1.165) is 75.7 Å². The van der Waals surface area contributed by atoms with Crippen LogP contribution >= 0.6 is 11.6 Å². The average molecular weight is 837 g/mol. The zero-order valence-corrected chi connectivity index (χ0v) is 33.4. The molecule has 1 amide bonds. The fourth-order valence-corrected chi connectivity index (χ4v) is 9.95. The molecule has 0 spiro atoms. The molecule has 4 N–H and O–H groups in total. The van der Waals surface area contributed by atoms with Gasteiger partial charge in [-0.05, 0) is 100 Å². The van der Waals surface area contributed by atoms with Crippen molar-refractivity contribution in [2.45, 2.75) is 86.9 Å². The Bertz CT molecular complexity index is 2030. The summed E-state index contributed by atoms with van der Waals surface area (Å²) in [5, 5.41) is 16.4. The highest BCUT2D eigenvalue weighted by molar-refractivity contribution is 7.89. The molecule has 0 radical (unpaired) electrons. The Morgan fingerprint density at radius 2 is 1.70 bits per heavy atom. The maximum atomic E-state index is 15.3. The van der Waals surface area contributed by atoms with E-state index in [4.69, 9.17) is 11.6 Å². The second kappa shape index (κ2) is 16.8. The number of nitrogens with zero attached hydrogens (tertiary/aromatic N) is 5. The van der Waals surface area contributed by atoms with E-state index in [1.807, 2.05) is 12.1 Å². The minimum atomic E-state index is -4.74. The van der Waals surface area contributed by atoms with E-state index in [-0.39, 0.29) is 66.1 Å². The predicted octanol–water partition coefficient (Wildman–Crippen LogP) is 6.04. The van der Waals surface area contributed by atoms with Crippen LogP contribution < -0.4 is 25.2 Å². The molecule has 3 aliphatic heterocycles. The van der Waals surface area contributed by atoms with Crippen molar-refractivity contribution in [3.63, 3.8) is 0 Å². The lowest BCUT2D eigenvalue weighted by atomic mass is 9.86. The summed E-state index contributed by atoms with van der Waals surface area (Å²) >= 11 is 6.66. The van der Waals surface area contributed by atoms with Gasteiger partial charge in [0, 0.05) is 75.3 Å². The van der Waals surface area contributed by atoms with E-state index in [1.54, 1.807) is 6.92 Å². The summed E-state index contributed by atoms with van der Waals surface area (Å²) in [6.07, 6.45) is 1.12. The Balaban J connectivity index is 0.889. The summed E-state index contributed by atoms with van der Waals surface area (Å²) in [5.74, 6) is -1.35. The van der Waals surface area contributed by atoms with Crippen LogP contribution in [-0.4, -0.2) is 98.3 Å². The van der Waals surface area contributed by atoms with Crippen molar-refractivity contribution < 1.29 is 35.9 Å². The van der Waals surface area contributed by atoms with Crippen molar-refractivity contribution in [1.82, 2.24) is 24.9 Å². The van der Waals surface area contributed by atoms with Gasteiger partial charge in [-0.3, -0.25) is 9.69 Å². The maximum absolute atomic E-state index is 15.3. The number of carbonyl (C=O) groups excluding carboxylic acids is 1. The molecule has 4 aliphatic rings. The number of hydrogen-bond acceptors (Lipinski definition) is 10. The number of rotatable bonds is 10. The third-order valence-electron chi connectivity index (χ3n) is 11.8. The van der Waals surface area contributed by atoms with Crippen LogP contribution in [-0.2, 0) is 21.0 Å². The smallest absolute Gasteiger partial charge is 0.390 e. The summed E-state index contributed by atoms with van der Waals surface area (Å²) in [7, 11) is -4.06. The van der Waals surface area contributed by atoms with Gasteiger partial charge in [0.15, 0.2) is 0 Å². The van der Waals surface area contributed by atoms with Gasteiger partial charge in [-0.2, -0.15) is 18.2 Å². The lowest BCUT2D eigenvalue weighted by Gasteiger charge is -2.39. The number of hydrogen-bond donors (Lipinski definition) is 4. The van der Waals surface area contributed by atoms with Gasteiger partial charge in [0.05, 0.1) is 22.1 Å². The molecule has 1 aliphatic carbocycles. The van der Waals surface area contributed by atoms with Crippen LogP contribution in [0.5, 0.6) is 0 Å². The quantitative estimate of drug-likeness (QED) is 0.179. The number of aliphatic hydroxyl groups is 1. The monoisotopic (exact) mass is 836 g/mol.